The summed E-state index contributed by atoms with van der Waals surface area (Å²) in [5, 5.41) is 0. The van der Waals surface area contributed by atoms with Gasteiger partial charge in [0.25, 0.3) is 0 Å². The van der Waals surface area contributed by atoms with Crippen LogP contribution in [0.1, 0.15) is 40.0 Å². The van der Waals surface area contributed by atoms with Crippen molar-refractivity contribution < 1.29 is 9.53 Å². The summed E-state index contributed by atoms with van der Waals surface area (Å²) in [5.74, 6) is 0.121. The van der Waals surface area contributed by atoms with E-state index in [1.165, 1.54) is 0 Å². The number of nitrogens with zero attached hydrogens (tertiary/aromatic N) is 1. The van der Waals surface area contributed by atoms with Gasteiger partial charge >= 0.3 is 0 Å². The van der Waals surface area contributed by atoms with Crippen LogP contribution in [0, 0.1) is 5.41 Å². The van der Waals surface area contributed by atoms with Crippen molar-refractivity contribution >= 4 is 5.91 Å². The van der Waals surface area contributed by atoms with Crippen LogP contribution in [0.15, 0.2) is 0 Å². The first-order valence-corrected chi connectivity index (χ1v) is 6.63. The van der Waals surface area contributed by atoms with Crippen molar-refractivity contribution in [2.75, 3.05) is 19.7 Å². The van der Waals surface area contributed by atoms with Crippen LogP contribution >= 0.6 is 0 Å². The molecule has 0 aromatic heterocycles. The van der Waals surface area contributed by atoms with E-state index in [0.29, 0.717) is 13.0 Å². The van der Waals surface area contributed by atoms with Gasteiger partial charge in [0.1, 0.15) is 5.54 Å². The van der Waals surface area contributed by atoms with Gasteiger partial charge in [-0.05, 0) is 19.8 Å². The Morgan fingerprint density at radius 3 is 2.47 bits per heavy atom. The van der Waals surface area contributed by atoms with Crippen LogP contribution in [0.25, 0.3) is 0 Å². The third kappa shape index (κ3) is 1.78. The summed E-state index contributed by atoms with van der Waals surface area (Å²) in [6.07, 6.45) is 2.99. The number of nitrogens with two attached hydrogens (primary N) is 1. The summed E-state index contributed by atoms with van der Waals surface area (Å²) in [4.78, 5) is 14.4. The maximum Gasteiger partial charge on any atom is 0.243 e. The lowest BCUT2D eigenvalue weighted by Gasteiger charge is -2.58. The molecule has 0 spiro atoms. The number of carbonyl (C=O) groups excluding carboxylic acids is 1. The smallest absolute Gasteiger partial charge is 0.243 e. The second-order valence-corrected chi connectivity index (χ2v) is 5.84. The van der Waals surface area contributed by atoms with E-state index >= 15 is 0 Å². The molecule has 4 nitrogen and oxygen atoms in total. The van der Waals surface area contributed by atoms with E-state index in [2.05, 4.69) is 0 Å². The minimum Gasteiger partial charge on any atom is -0.378 e. The number of hydrogen-bond donors (Lipinski definition) is 1. The number of rotatable bonds is 3. The molecule has 2 atom stereocenters. The number of likely N-dealkylation sites (tertiary alicyclic amines) is 1. The quantitative estimate of drug-likeness (QED) is 0.805. The van der Waals surface area contributed by atoms with Gasteiger partial charge in [-0.3, -0.25) is 4.79 Å². The number of carbonyl (C=O) groups is 1. The van der Waals surface area contributed by atoms with Crippen molar-refractivity contribution in [2.24, 2.45) is 11.1 Å². The highest BCUT2D eigenvalue weighted by molar-refractivity contribution is 5.89. The Morgan fingerprint density at radius 2 is 2.00 bits per heavy atom. The molecule has 2 fully saturated rings. The third-order valence-corrected chi connectivity index (χ3v) is 4.60. The van der Waals surface area contributed by atoms with Gasteiger partial charge in [0.15, 0.2) is 0 Å². The molecule has 2 unspecified atom stereocenters. The zero-order valence-electron chi connectivity index (χ0n) is 11.2. The molecule has 1 saturated heterocycles. The molecular weight excluding hydrogens is 216 g/mol. The Balaban J connectivity index is 2.07. The fourth-order valence-corrected chi connectivity index (χ4v) is 3.00. The Kier molecular flexibility index (Phi) is 3.21. The zero-order chi connectivity index (χ0) is 12.7. The average molecular weight is 240 g/mol. The van der Waals surface area contributed by atoms with Gasteiger partial charge in [-0.2, -0.15) is 0 Å². The molecule has 2 aliphatic rings. The second-order valence-electron chi connectivity index (χ2n) is 5.84. The molecule has 0 bridgehead atoms. The summed E-state index contributed by atoms with van der Waals surface area (Å²) in [6, 6.07) is 0. The van der Waals surface area contributed by atoms with Crippen LogP contribution in [-0.4, -0.2) is 42.1 Å². The molecule has 4 heteroatoms. The standard InChI is InChI=1S/C13H24N2O2/c1-4-17-10-9-13(14,12(10,2)3)11(16)15-7-5-6-8-15/h10H,4-9,14H2,1-3H3. The molecule has 0 aromatic carbocycles. The molecule has 98 valence electrons. The molecular formula is C13H24N2O2. The van der Waals surface area contributed by atoms with Gasteiger partial charge in [-0.15, -0.1) is 0 Å². The number of amides is 1. The van der Waals surface area contributed by atoms with Gasteiger partial charge in [0, 0.05) is 31.5 Å². The predicted octanol–water partition coefficient (Wildman–Crippen LogP) is 1.14. The summed E-state index contributed by atoms with van der Waals surface area (Å²) >= 11 is 0. The van der Waals surface area contributed by atoms with E-state index in [4.69, 9.17) is 10.5 Å². The highest BCUT2D eigenvalue weighted by Gasteiger charge is 2.63. The molecule has 1 saturated carbocycles. The maximum absolute atomic E-state index is 12.5. The van der Waals surface area contributed by atoms with Crippen LogP contribution < -0.4 is 5.73 Å². The normalized spacial score (nSPS) is 35.8. The van der Waals surface area contributed by atoms with E-state index in [1.807, 2.05) is 25.7 Å². The molecule has 1 heterocycles. The van der Waals surface area contributed by atoms with Crippen LogP contribution in [0.3, 0.4) is 0 Å². The van der Waals surface area contributed by atoms with Crippen molar-refractivity contribution in [2.45, 2.75) is 51.7 Å². The van der Waals surface area contributed by atoms with Gasteiger partial charge in [-0.1, -0.05) is 13.8 Å². The second kappa shape index (κ2) is 4.25. The lowest BCUT2D eigenvalue weighted by Crippen LogP contribution is -2.75. The first kappa shape index (κ1) is 12.8. The summed E-state index contributed by atoms with van der Waals surface area (Å²) < 4.78 is 5.65. The Bertz CT molecular complexity index is 311. The van der Waals surface area contributed by atoms with Crippen molar-refractivity contribution in [3.05, 3.63) is 0 Å². The lowest BCUT2D eigenvalue weighted by molar-refractivity contribution is -0.178. The predicted molar refractivity (Wildman–Crippen MR) is 66.5 cm³/mol. The van der Waals surface area contributed by atoms with E-state index in [-0.39, 0.29) is 17.4 Å². The Morgan fingerprint density at radius 1 is 1.41 bits per heavy atom. The topological polar surface area (TPSA) is 55.6 Å². The third-order valence-electron chi connectivity index (χ3n) is 4.60. The fraction of sp³-hybridized carbons (Fsp3) is 0.923. The summed E-state index contributed by atoms with van der Waals surface area (Å²) in [5.41, 5.74) is 5.37. The minimum absolute atomic E-state index is 0.115. The lowest BCUT2D eigenvalue weighted by atomic mass is 9.54. The zero-order valence-corrected chi connectivity index (χ0v) is 11.2. The van der Waals surface area contributed by atoms with Gasteiger partial charge < -0.3 is 15.4 Å². The average Bonchev–Trinajstić information content (AvgIpc) is 2.80. The van der Waals surface area contributed by atoms with Crippen LogP contribution in [0.5, 0.6) is 0 Å². The van der Waals surface area contributed by atoms with Crippen molar-refractivity contribution in [1.29, 1.82) is 0 Å². The highest BCUT2D eigenvalue weighted by Crippen LogP contribution is 2.50. The largest absolute Gasteiger partial charge is 0.378 e. The van der Waals surface area contributed by atoms with Crippen molar-refractivity contribution in [3.8, 4) is 0 Å². The molecule has 0 aromatic rings. The molecule has 1 aliphatic heterocycles. The number of ether oxygens (including phenoxy) is 1. The summed E-state index contributed by atoms with van der Waals surface area (Å²) in [7, 11) is 0. The fourth-order valence-electron chi connectivity index (χ4n) is 3.00. The van der Waals surface area contributed by atoms with E-state index in [9.17, 15) is 4.79 Å². The van der Waals surface area contributed by atoms with Gasteiger partial charge in [0.05, 0.1) is 6.10 Å². The van der Waals surface area contributed by atoms with E-state index in [0.717, 1.165) is 25.9 Å². The van der Waals surface area contributed by atoms with E-state index in [1.54, 1.807) is 0 Å². The molecule has 17 heavy (non-hydrogen) atoms. The maximum atomic E-state index is 12.5. The Labute approximate surface area is 103 Å². The van der Waals surface area contributed by atoms with Crippen LogP contribution in [-0.2, 0) is 9.53 Å². The monoisotopic (exact) mass is 240 g/mol. The molecule has 2 rings (SSSR count). The minimum atomic E-state index is -0.725. The first-order valence-electron chi connectivity index (χ1n) is 6.63. The molecule has 2 N–H and O–H groups in total. The highest BCUT2D eigenvalue weighted by atomic mass is 16.5. The number of hydrogen-bond acceptors (Lipinski definition) is 3. The molecule has 0 radical (unpaired) electrons. The molecule has 1 amide bonds. The van der Waals surface area contributed by atoms with Crippen molar-refractivity contribution in [3.63, 3.8) is 0 Å². The van der Waals surface area contributed by atoms with E-state index < -0.39 is 5.54 Å². The van der Waals surface area contributed by atoms with Crippen LogP contribution in [0.4, 0.5) is 0 Å². The first-order chi connectivity index (χ1) is 7.93. The van der Waals surface area contributed by atoms with Crippen LogP contribution in [0.2, 0.25) is 0 Å². The summed E-state index contributed by atoms with van der Waals surface area (Å²) in [6.45, 7) is 8.49. The SMILES string of the molecule is CCOC1CC(N)(C(=O)N2CCCC2)C1(C)C. The van der Waals surface area contributed by atoms with Gasteiger partial charge in [0.2, 0.25) is 5.91 Å². The van der Waals surface area contributed by atoms with Gasteiger partial charge in [-0.25, -0.2) is 0 Å². The molecule has 1 aliphatic carbocycles. The van der Waals surface area contributed by atoms with Crippen molar-refractivity contribution in [1.82, 2.24) is 4.90 Å². The Hall–Kier alpha value is -0.610.